The summed E-state index contributed by atoms with van der Waals surface area (Å²) < 4.78 is 7.76. The van der Waals surface area contributed by atoms with Crippen LogP contribution in [0, 0.1) is 0 Å². The van der Waals surface area contributed by atoms with Crippen molar-refractivity contribution in [2.45, 2.75) is 26.9 Å². The number of rotatable bonds is 6. The lowest BCUT2D eigenvalue weighted by molar-refractivity contribution is 0.341. The van der Waals surface area contributed by atoms with Crippen LogP contribution in [0.5, 0.6) is 5.75 Å². The maximum Gasteiger partial charge on any atom is 0.142 e. The zero-order valence-electron chi connectivity index (χ0n) is 11.0. The van der Waals surface area contributed by atoms with E-state index in [2.05, 4.69) is 35.3 Å². The van der Waals surface area contributed by atoms with E-state index < -0.39 is 0 Å². The van der Waals surface area contributed by atoms with E-state index >= 15 is 0 Å². The minimum absolute atomic E-state index is 0.685. The first kappa shape index (κ1) is 12.6. The highest BCUT2D eigenvalue weighted by molar-refractivity contribution is 5.56. The van der Waals surface area contributed by atoms with Crippen molar-refractivity contribution in [3.8, 4) is 5.75 Å². The quantitative estimate of drug-likeness (QED) is 0.841. The summed E-state index contributed by atoms with van der Waals surface area (Å²) >= 11 is 0. The van der Waals surface area contributed by atoms with E-state index in [4.69, 9.17) is 4.74 Å². The van der Waals surface area contributed by atoms with Crippen LogP contribution < -0.4 is 10.1 Å². The molecule has 1 aromatic heterocycles. The molecule has 18 heavy (non-hydrogen) atoms. The van der Waals surface area contributed by atoms with Gasteiger partial charge in [0.25, 0.3) is 0 Å². The van der Waals surface area contributed by atoms with Crippen LogP contribution in [0.15, 0.2) is 42.7 Å². The zero-order valence-corrected chi connectivity index (χ0v) is 11.0. The van der Waals surface area contributed by atoms with Crippen molar-refractivity contribution < 1.29 is 4.74 Å². The van der Waals surface area contributed by atoms with Gasteiger partial charge < -0.3 is 14.6 Å². The Hall–Kier alpha value is -1.90. The third-order valence-corrected chi connectivity index (χ3v) is 2.85. The van der Waals surface area contributed by atoms with Gasteiger partial charge in [-0.05, 0) is 37.6 Å². The summed E-state index contributed by atoms with van der Waals surface area (Å²) in [5.41, 5.74) is 2.33. The summed E-state index contributed by atoms with van der Waals surface area (Å²) in [6.45, 7) is 6.65. The average molecular weight is 244 g/mol. The molecule has 3 nitrogen and oxygen atoms in total. The second-order valence-corrected chi connectivity index (χ2v) is 4.13. The Morgan fingerprint density at radius 3 is 2.72 bits per heavy atom. The van der Waals surface area contributed by atoms with Crippen molar-refractivity contribution in [3.63, 3.8) is 0 Å². The molecule has 0 unspecified atom stereocenters. The molecule has 1 aromatic carbocycles. The van der Waals surface area contributed by atoms with E-state index in [0.29, 0.717) is 6.61 Å². The van der Waals surface area contributed by atoms with Crippen LogP contribution in [-0.2, 0) is 13.1 Å². The van der Waals surface area contributed by atoms with Crippen LogP contribution in [0.3, 0.4) is 0 Å². The predicted molar refractivity (Wildman–Crippen MR) is 75.0 cm³/mol. The molecule has 0 aliphatic heterocycles. The molecule has 0 spiro atoms. The topological polar surface area (TPSA) is 26.2 Å². The number of aromatic nitrogens is 1. The Balaban J connectivity index is 2.01. The van der Waals surface area contributed by atoms with Gasteiger partial charge in [0.2, 0.25) is 0 Å². The number of ether oxygens (including phenoxy) is 1. The van der Waals surface area contributed by atoms with Crippen molar-refractivity contribution in [1.29, 1.82) is 0 Å². The average Bonchev–Trinajstić information content (AvgIpc) is 2.86. The monoisotopic (exact) mass is 244 g/mol. The van der Waals surface area contributed by atoms with Crippen LogP contribution in [0.25, 0.3) is 0 Å². The highest BCUT2D eigenvalue weighted by Gasteiger charge is 2.02. The summed E-state index contributed by atoms with van der Waals surface area (Å²) in [6, 6.07) is 10.2. The van der Waals surface area contributed by atoms with Crippen LogP contribution >= 0.6 is 0 Å². The second kappa shape index (κ2) is 6.15. The van der Waals surface area contributed by atoms with Crippen LogP contribution in [0.2, 0.25) is 0 Å². The van der Waals surface area contributed by atoms with Crippen LogP contribution in [0.1, 0.15) is 19.4 Å². The van der Waals surface area contributed by atoms with Crippen molar-refractivity contribution in [2.75, 3.05) is 11.9 Å². The summed E-state index contributed by atoms with van der Waals surface area (Å²) in [4.78, 5) is 0. The molecule has 0 aliphatic carbocycles. The minimum Gasteiger partial charge on any atom is -0.492 e. The molecule has 0 radical (unpaired) electrons. The molecule has 3 heteroatoms. The lowest BCUT2D eigenvalue weighted by Crippen LogP contribution is -2.02. The van der Waals surface area contributed by atoms with Gasteiger partial charge in [-0.15, -0.1) is 0 Å². The lowest BCUT2D eigenvalue weighted by Gasteiger charge is -2.11. The maximum absolute atomic E-state index is 5.58. The second-order valence-electron chi connectivity index (χ2n) is 4.13. The smallest absolute Gasteiger partial charge is 0.142 e. The summed E-state index contributed by atoms with van der Waals surface area (Å²) in [5, 5.41) is 3.41. The number of hydrogen-bond donors (Lipinski definition) is 1. The molecular weight excluding hydrogens is 224 g/mol. The molecule has 0 bridgehead atoms. The van der Waals surface area contributed by atoms with E-state index in [1.807, 2.05) is 31.2 Å². The van der Waals surface area contributed by atoms with Gasteiger partial charge >= 0.3 is 0 Å². The molecule has 0 saturated heterocycles. The van der Waals surface area contributed by atoms with Crippen LogP contribution in [0.4, 0.5) is 5.69 Å². The number of para-hydroxylation sites is 2. The molecule has 1 heterocycles. The minimum atomic E-state index is 0.685. The number of benzene rings is 1. The first-order valence-corrected chi connectivity index (χ1v) is 6.43. The third kappa shape index (κ3) is 3.06. The molecule has 2 rings (SSSR count). The first-order valence-electron chi connectivity index (χ1n) is 6.43. The summed E-state index contributed by atoms with van der Waals surface area (Å²) in [7, 11) is 0. The van der Waals surface area contributed by atoms with E-state index in [9.17, 15) is 0 Å². The van der Waals surface area contributed by atoms with Crippen molar-refractivity contribution in [2.24, 2.45) is 0 Å². The van der Waals surface area contributed by atoms with E-state index in [0.717, 1.165) is 24.5 Å². The maximum atomic E-state index is 5.58. The highest BCUT2D eigenvalue weighted by Crippen LogP contribution is 2.24. The molecule has 1 N–H and O–H groups in total. The van der Waals surface area contributed by atoms with Gasteiger partial charge in [-0.3, -0.25) is 0 Å². The van der Waals surface area contributed by atoms with E-state index in [1.165, 1.54) is 5.56 Å². The fourth-order valence-electron chi connectivity index (χ4n) is 1.88. The Morgan fingerprint density at radius 2 is 2.00 bits per heavy atom. The first-order chi connectivity index (χ1) is 8.83. The van der Waals surface area contributed by atoms with Gasteiger partial charge in [-0.1, -0.05) is 12.1 Å². The van der Waals surface area contributed by atoms with Gasteiger partial charge in [-0.25, -0.2) is 0 Å². The molecule has 0 atom stereocenters. The lowest BCUT2D eigenvalue weighted by atomic mass is 10.2. The predicted octanol–water partition coefficient (Wildman–Crippen LogP) is 3.52. The standard InChI is InChI=1S/C15H20N2O/c1-3-17-10-9-13(12-17)11-16-14-7-5-6-8-15(14)18-4-2/h5-10,12,16H,3-4,11H2,1-2H3. The van der Waals surface area contributed by atoms with Crippen molar-refractivity contribution >= 4 is 5.69 Å². The highest BCUT2D eigenvalue weighted by atomic mass is 16.5. The zero-order chi connectivity index (χ0) is 12.8. The van der Waals surface area contributed by atoms with Gasteiger partial charge in [0.15, 0.2) is 0 Å². The number of hydrogen-bond acceptors (Lipinski definition) is 2. The fourth-order valence-corrected chi connectivity index (χ4v) is 1.88. The fraction of sp³-hybridized carbons (Fsp3) is 0.333. The van der Waals surface area contributed by atoms with E-state index in [1.54, 1.807) is 0 Å². The Bertz CT molecular complexity index is 491. The molecule has 0 amide bonds. The van der Waals surface area contributed by atoms with E-state index in [-0.39, 0.29) is 0 Å². The van der Waals surface area contributed by atoms with Crippen molar-refractivity contribution in [3.05, 3.63) is 48.3 Å². The number of nitrogens with zero attached hydrogens (tertiary/aromatic N) is 1. The van der Waals surface area contributed by atoms with Gasteiger partial charge in [0.05, 0.1) is 12.3 Å². The number of aryl methyl sites for hydroxylation is 1. The summed E-state index contributed by atoms with van der Waals surface area (Å²) in [5.74, 6) is 0.912. The molecule has 0 saturated carbocycles. The Kier molecular flexibility index (Phi) is 4.29. The van der Waals surface area contributed by atoms with Gasteiger partial charge in [0, 0.05) is 25.5 Å². The molecular formula is C15H20N2O. The molecule has 0 aliphatic rings. The van der Waals surface area contributed by atoms with Gasteiger partial charge in [0.1, 0.15) is 5.75 Å². The number of nitrogens with one attached hydrogen (secondary N) is 1. The molecule has 0 fully saturated rings. The summed E-state index contributed by atoms with van der Waals surface area (Å²) in [6.07, 6.45) is 4.27. The van der Waals surface area contributed by atoms with Crippen LogP contribution in [-0.4, -0.2) is 11.2 Å². The molecule has 2 aromatic rings. The largest absolute Gasteiger partial charge is 0.492 e. The molecule has 96 valence electrons. The Morgan fingerprint density at radius 1 is 1.17 bits per heavy atom. The third-order valence-electron chi connectivity index (χ3n) is 2.85. The number of anilines is 1. The Labute approximate surface area is 108 Å². The van der Waals surface area contributed by atoms with Crippen molar-refractivity contribution in [1.82, 2.24) is 4.57 Å². The van der Waals surface area contributed by atoms with Gasteiger partial charge in [-0.2, -0.15) is 0 Å². The normalized spacial score (nSPS) is 10.3. The SMILES string of the molecule is CCOc1ccccc1NCc1ccn(CC)c1.